The quantitative estimate of drug-likeness (QED) is 0.552. The van der Waals surface area contributed by atoms with Crippen molar-refractivity contribution in [3.05, 3.63) is 65.3 Å². The van der Waals surface area contributed by atoms with Crippen molar-refractivity contribution in [1.82, 2.24) is 9.97 Å². The zero-order valence-corrected chi connectivity index (χ0v) is 16.2. The van der Waals surface area contributed by atoms with E-state index in [0.29, 0.717) is 46.1 Å². The summed E-state index contributed by atoms with van der Waals surface area (Å²) in [5.41, 5.74) is 1.65. The van der Waals surface area contributed by atoms with Crippen LogP contribution in [0.1, 0.15) is 17.3 Å². The molecule has 0 spiro atoms. The van der Waals surface area contributed by atoms with Crippen LogP contribution < -0.4 is 15.4 Å². The molecular weight excluding hydrogens is 380 g/mol. The van der Waals surface area contributed by atoms with Gasteiger partial charge in [-0.3, -0.25) is 0 Å². The van der Waals surface area contributed by atoms with Gasteiger partial charge in [-0.15, -0.1) is 0 Å². The lowest BCUT2D eigenvalue weighted by Crippen LogP contribution is -2.08. The molecule has 0 radical (unpaired) electrons. The highest BCUT2D eigenvalue weighted by Crippen LogP contribution is 2.30. The number of carbonyl (C=O) groups is 1. The van der Waals surface area contributed by atoms with Gasteiger partial charge >= 0.3 is 5.97 Å². The molecule has 3 rings (SSSR count). The highest BCUT2D eigenvalue weighted by atomic mass is 35.5. The molecule has 28 heavy (non-hydrogen) atoms. The minimum atomic E-state index is -0.401. The molecule has 3 aromatic rings. The van der Waals surface area contributed by atoms with Crippen molar-refractivity contribution in [1.29, 1.82) is 0 Å². The van der Waals surface area contributed by atoms with Crippen molar-refractivity contribution in [2.24, 2.45) is 0 Å². The molecule has 1 aromatic heterocycles. The first-order chi connectivity index (χ1) is 13.6. The van der Waals surface area contributed by atoms with Crippen molar-refractivity contribution < 1.29 is 14.3 Å². The maximum absolute atomic E-state index is 12.1. The minimum Gasteiger partial charge on any atom is -0.495 e. The average molecular weight is 399 g/mol. The number of esters is 1. The molecule has 1 heterocycles. The standard InChI is InChI=1S/C20H19ClN4O3/c1-3-28-19(26)14-6-4-5-7-15(14)23-18-10-11-22-20(25-18)24-16-12-13(21)8-9-17(16)27-2/h4-12H,3H2,1-2H3,(H2,22,23,24,25). The van der Waals surface area contributed by atoms with Crippen molar-refractivity contribution in [2.45, 2.75) is 6.92 Å². The fourth-order valence-corrected chi connectivity index (χ4v) is 2.68. The monoisotopic (exact) mass is 398 g/mol. The molecule has 0 amide bonds. The Morgan fingerprint density at radius 1 is 1.11 bits per heavy atom. The lowest BCUT2D eigenvalue weighted by atomic mass is 10.2. The summed E-state index contributed by atoms with van der Waals surface area (Å²) in [6.07, 6.45) is 1.60. The molecule has 2 N–H and O–H groups in total. The Morgan fingerprint density at radius 3 is 2.71 bits per heavy atom. The molecule has 0 unspecified atom stereocenters. The summed E-state index contributed by atoms with van der Waals surface area (Å²) in [4.78, 5) is 20.8. The Hall–Kier alpha value is -3.32. The minimum absolute atomic E-state index is 0.302. The third kappa shape index (κ3) is 4.69. The number of halogens is 1. The van der Waals surface area contributed by atoms with Gasteiger partial charge in [0.25, 0.3) is 0 Å². The van der Waals surface area contributed by atoms with E-state index in [1.54, 1.807) is 62.7 Å². The molecule has 7 nitrogen and oxygen atoms in total. The van der Waals surface area contributed by atoms with Crippen LogP contribution in [0.3, 0.4) is 0 Å². The number of ether oxygens (including phenoxy) is 2. The molecule has 2 aromatic carbocycles. The molecule has 0 fully saturated rings. The van der Waals surface area contributed by atoms with Gasteiger partial charge < -0.3 is 20.1 Å². The maximum atomic E-state index is 12.1. The summed E-state index contributed by atoms with van der Waals surface area (Å²) in [7, 11) is 1.57. The predicted molar refractivity (Wildman–Crippen MR) is 109 cm³/mol. The average Bonchev–Trinajstić information content (AvgIpc) is 2.69. The lowest BCUT2D eigenvalue weighted by Gasteiger charge is -2.13. The second kappa shape index (κ2) is 9.05. The molecule has 0 atom stereocenters. The number of hydrogen-bond acceptors (Lipinski definition) is 7. The van der Waals surface area contributed by atoms with Crippen LogP contribution in [0.2, 0.25) is 5.02 Å². The molecule has 0 saturated heterocycles. The first-order valence-corrected chi connectivity index (χ1v) is 8.95. The molecule has 0 aliphatic rings. The third-order valence-electron chi connectivity index (χ3n) is 3.75. The van der Waals surface area contributed by atoms with Crippen LogP contribution in [0.4, 0.5) is 23.1 Å². The summed E-state index contributed by atoms with van der Waals surface area (Å²) in [6.45, 7) is 2.07. The highest BCUT2D eigenvalue weighted by molar-refractivity contribution is 6.31. The number of hydrogen-bond donors (Lipinski definition) is 2. The maximum Gasteiger partial charge on any atom is 0.340 e. The molecule has 8 heteroatoms. The second-order valence-corrected chi connectivity index (χ2v) is 6.06. The predicted octanol–water partition coefficient (Wildman–Crippen LogP) is 4.80. The Labute approximate surface area is 167 Å². The van der Waals surface area contributed by atoms with Crippen molar-refractivity contribution >= 4 is 40.7 Å². The zero-order valence-electron chi connectivity index (χ0n) is 15.4. The first-order valence-electron chi connectivity index (χ1n) is 8.57. The molecular formula is C20H19ClN4O3. The number of anilines is 4. The molecule has 0 aliphatic heterocycles. The Bertz CT molecular complexity index is 981. The van der Waals surface area contributed by atoms with Gasteiger partial charge in [-0.2, -0.15) is 4.98 Å². The van der Waals surface area contributed by atoms with E-state index in [0.717, 1.165) is 0 Å². The summed E-state index contributed by atoms with van der Waals surface area (Å²) < 4.78 is 10.4. The summed E-state index contributed by atoms with van der Waals surface area (Å²) in [5.74, 6) is 1.06. The number of rotatable bonds is 7. The third-order valence-corrected chi connectivity index (χ3v) is 3.98. The van der Waals surface area contributed by atoms with Gasteiger partial charge in [0.15, 0.2) is 0 Å². The Morgan fingerprint density at radius 2 is 1.93 bits per heavy atom. The fourth-order valence-electron chi connectivity index (χ4n) is 2.50. The molecule has 0 saturated carbocycles. The van der Waals surface area contributed by atoms with E-state index >= 15 is 0 Å². The van der Waals surface area contributed by atoms with Crippen LogP contribution in [0.25, 0.3) is 0 Å². The Kier molecular flexibility index (Phi) is 6.29. The van der Waals surface area contributed by atoms with Gasteiger partial charge in [0, 0.05) is 11.2 Å². The van der Waals surface area contributed by atoms with Crippen molar-refractivity contribution in [3.63, 3.8) is 0 Å². The Balaban J connectivity index is 1.84. The van der Waals surface area contributed by atoms with Crippen LogP contribution in [0, 0.1) is 0 Å². The van der Waals surface area contributed by atoms with E-state index in [4.69, 9.17) is 21.1 Å². The van der Waals surface area contributed by atoms with E-state index in [-0.39, 0.29) is 0 Å². The SMILES string of the molecule is CCOC(=O)c1ccccc1Nc1ccnc(Nc2cc(Cl)ccc2OC)n1. The van der Waals surface area contributed by atoms with Gasteiger partial charge in [0.2, 0.25) is 5.95 Å². The van der Waals surface area contributed by atoms with Crippen LogP contribution in [-0.4, -0.2) is 29.7 Å². The van der Waals surface area contributed by atoms with Gasteiger partial charge in [0.05, 0.1) is 30.7 Å². The highest BCUT2D eigenvalue weighted by Gasteiger charge is 2.13. The first kappa shape index (κ1) is 19.4. The van der Waals surface area contributed by atoms with E-state index < -0.39 is 5.97 Å². The normalized spacial score (nSPS) is 10.2. The smallest absolute Gasteiger partial charge is 0.340 e. The number of methoxy groups -OCH3 is 1. The molecule has 144 valence electrons. The number of nitrogens with zero attached hydrogens (tertiary/aromatic N) is 2. The fraction of sp³-hybridized carbons (Fsp3) is 0.150. The van der Waals surface area contributed by atoms with Gasteiger partial charge in [-0.25, -0.2) is 9.78 Å². The van der Waals surface area contributed by atoms with Crippen LogP contribution in [-0.2, 0) is 4.74 Å². The number of carbonyl (C=O) groups excluding carboxylic acids is 1. The summed E-state index contributed by atoms with van der Waals surface area (Å²) >= 11 is 6.06. The zero-order chi connectivity index (χ0) is 19.9. The van der Waals surface area contributed by atoms with E-state index in [2.05, 4.69) is 20.6 Å². The van der Waals surface area contributed by atoms with E-state index in [9.17, 15) is 4.79 Å². The largest absolute Gasteiger partial charge is 0.495 e. The van der Waals surface area contributed by atoms with Crippen LogP contribution >= 0.6 is 11.6 Å². The van der Waals surface area contributed by atoms with Crippen LogP contribution in [0.15, 0.2) is 54.7 Å². The van der Waals surface area contributed by atoms with Gasteiger partial charge in [-0.1, -0.05) is 23.7 Å². The molecule has 0 aliphatic carbocycles. The van der Waals surface area contributed by atoms with E-state index in [1.165, 1.54) is 0 Å². The lowest BCUT2D eigenvalue weighted by molar-refractivity contribution is 0.0527. The van der Waals surface area contributed by atoms with E-state index in [1.807, 2.05) is 6.07 Å². The number of nitrogens with one attached hydrogen (secondary N) is 2. The van der Waals surface area contributed by atoms with Gasteiger partial charge in [-0.05, 0) is 43.3 Å². The second-order valence-electron chi connectivity index (χ2n) is 5.63. The van der Waals surface area contributed by atoms with Crippen molar-refractivity contribution in [3.8, 4) is 5.75 Å². The number of para-hydroxylation sites is 1. The topological polar surface area (TPSA) is 85.4 Å². The van der Waals surface area contributed by atoms with Gasteiger partial charge in [0.1, 0.15) is 11.6 Å². The summed E-state index contributed by atoms with van der Waals surface area (Å²) in [5, 5.41) is 6.77. The molecule has 0 bridgehead atoms. The number of aromatic nitrogens is 2. The number of benzene rings is 2. The van der Waals surface area contributed by atoms with Crippen LogP contribution in [0.5, 0.6) is 5.75 Å². The van der Waals surface area contributed by atoms with Crippen molar-refractivity contribution in [2.75, 3.05) is 24.4 Å². The summed E-state index contributed by atoms with van der Waals surface area (Å²) in [6, 6.07) is 14.0.